The number of benzene rings is 2. The highest BCUT2D eigenvalue weighted by Gasteiger charge is 2.08. The average Bonchev–Trinajstić information content (AvgIpc) is 2.77. The first kappa shape index (κ1) is 22.7. The lowest BCUT2D eigenvalue weighted by molar-refractivity contribution is 0.0492. The molecule has 0 aromatic heterocycles. The van der Waals surface area contributed by atoms with Crippen LogP contribution >= 0.6 is 0 Å². The lowest BCUT2D eigenvalue weighted by Gasteiger charge is -2.13. The van der Waals surface area contributed by atoms with E-state index in [0.717, 1.165) is 17.1 Å². The second kappa shape index (κ2) is 13.5. The Morgan fingerprint density at radius 1 is 0.793 bits per heavy atom. The summed E-state index contributed by atoms with van der Waals surface area (Å²) in [5, 5.41) is 6.13. The Balaban J connectivity index is 1.47. The van der Waals surface area contributed by atoms with E-state index < -0.39 is 0 Å². The molecule has 0 aliphatic rings. The fraction of sp³-hybridized carbons (Fsp3) is 0.409. The molecule has 0 unspecified atom stereocenters. The molecular formula is C22H30N2O5. The zero-order chi connectivity index (χ0) is 20.7. The molecule has 0 saturated heterocycles. The summed E-state index contributed by atoms with van der Waals surface area (Å²) >= 11 is 0. The van der Waals surface area contributed by atoms with Crippen LogP contribution in [-0.4, -0.2) is 59.6 Å². The van der Waals surface area contributed by atoms with Crippen LogP contribution in [0.25, 0.3) is 0 Å². The number of rotatable bonds is 14. The monoisotopic (exact) mass is 402 g/mol. The summed E-state index contributed by atoms with van der Waals surface area (Å²) in [5.41, 5.74) is 1.63. The summed E-state index contributed by atoms with van der Waals surface area (Å²) in [6.07, 6.45) is 0. The number of carbonyl (C=O) groups is 1. The average molecular weight is 402 g/mol. The molecule has 0 radical (unpaired) electrons. The number of ether oxygens (including phenoxy) is 4. The normalized spacial score (nSPS) is 10.6. The lowest BCUT2D eigenvalue weighted by atomic mass is 10.1. The van der Waals surface area contributed by atoms with Crippen molar-refractivity contribution in [2.75, 3.05) is 53.7 Å². The van der Waals surface area contributed by atoms with Crippen molar-refractivity contribution >= 4 is 5.91 Å². The third kappa shape index (κ3) is 8.11. The molecule has 0 fully saturated rings. The van der Waals surface area contributed by atoms with Gasteiger partial charge < -0.3 is 29.6 Å². The third-order valence-electron chi connectivity index (χ3n) is 4.19. The molecule has 2 N–H and O–H groups in total. The number of amides is 1. The highest BCUT2D eigenvalue weighted by atomic mass is 16.5. The Hall–Kier alpha value is -2.61. The van der Waals surface area contributed by atoms with Crippen molar-refractivity contribution in [2.24, 2.45) is 0 Å². The predicted octanol–water partition coefficient (Wildman–Crippen LogP) is 2.26. The zero-order valence-electron chi connectivity index (χ0n) is 17.1. The molecule has 7 nitrogen and oxygen atoms in total. The molecule has 0 bridgehead atoms. The molecule has 0 saturated carbocycles. The summed E-state index contributed by atoms with van der Waals surface area (Å²) in [6.45, 7) is 3.83. The van der Waals surface area contributed by atoms with E-state index in [4.69, 9.17) is 18.9 Å². The maximum atomic E-state index is 11.8. The zero-order valence-corrected chi connectivity index (χ0v) is 17.1. The molecule has 0 spiro atoms. The van der Waals surface area contributed by atoms with E-state index in [1.807, 2.05) is 36.4 Å². The van der Waals surface area contributed by atoms with Gasteiger partial charge in [0.2, 0.25) is 0 Å². The van der Waals surface area contributed by atoms with Gasteiger partial charge in [-0.3, -0.25) is 4.79 Å². The molecule has 2 aromatic rings. The van der Waals surface area contributed by atoms with Crippen LogP contribution < -0.4 is 20.1 Å². The van der Waals surface area contributed by atoms with Gasteiger partial charge in [-0.05, 0) is 24.3 Å². The van der Waals surface area contributed by atoms with Gasteiger partial charge in [0.25, 0.3) is 5.91 Å². The summed E-state index contributed by atoms with van der Waals surface area (Å²) in [6, 6.07) is 14.8. The summed E-state index contributed by atoms with van der Waals surface area (Å²) in [4.78, 5) is 11.8. The minimum Gasteiger partial charge on any atom is -0.496 e. The van der Waals surface area contributed by atoms with Crippen molar-refractivity contribution in [1.82, 2.24) is 10.6 Å². The van der Waals surface area contributed by atoms with Gasteiger partial charge in [-0.1, -0.05) is 24.3 Å². The Labute approximate surface area is 172 Å². The molecule has 1 amide bonds. The summed E-state index contributed by atoms with van der Waals surface area (Å²) in [5.74, 6) is 1.50. The Morgan fingerprint density at radius 3 is 2.03 bits per heavy atom. The van der Waals surface area contributed by atoms with E-state index in [1.54, 1.807) is 26.4 Å². The number of nitrogens with one attached hydrogen (secondary N) is 2. The molecule has 0 aliphatic heterocycles. The molecule has 2 aromatic carbocycles. The second-order valence-electron chi connectivity index (χ2n) is 6.16. The van der Waals surface area contributed by atoms with Gasteiger partial charge in [-0.25, -0.2) is 0 Å². The topological polar surface area (TPSA) is 78.1 Å². The van der Waals surface area contributed by atoms with Crippen molar-refractivity contribution < 1.29 is 23.7 Å². The highest BCUT2D eigenvalue weighted by Crippen LogP contribution is 2.27. The van der Waals surface area contributed by atoms with E-state index in [-0.39, 0.29) is 5.91 Å². The largest absolute Gasteiger partial charge is 0.496 e. The van der Waals surface area contributed by atoms with Gasteiger partial charge in [-0.2, -0.15) is 0 Å². The first-order chi connectivity index (χ1) is 14.3. The van der Waals surface area contributed by atoms with Crippen molar-refractivity contribution in [3.05, 3.63) is 59.7 Å². The number of methoxy groups -OCH3 is 2. The molecule has 0 aliphatic carbocycles. The third-order valence-corrected chi connectivity index (χ3v) is 4.19. The van der Waals surface area contributed by atoms with E-state index in [2.05, 4.69) is 10.6 Å². The first-order valence-electron chi connectivity index (χ1n) is 9.65. The smallest absolute Gasteiger partial charge is 0.251 e. The Kier molecular flexibility index (Phi) is 10.6. The quantitative estimate of drug-likeness (QED) is 0.472. The van der Waals surface area contributed by atoms with Crippen molar-refractivity contribution in [1.29, 1.82) is 0 Å². The summed E-state index contributed by atoms with van der Waals surface area (Å²) < 4.78 is 21.8. The molecule has 2 rings (SSSR count). The molecule has 158 valence electrons. The van der Waals surface area contributed by atoms with E-state index >= 15 is 0 Å². The predicted molar refractivity (Wildman–Crippen MR) is 112 cm³/mol. The van der Waals surface area contributed by atoms with Gasteiger partial charge in [0.1, 0.15) is 11.5 Å². The standard InChI is InChI=1S/C22H30N2O5/c1-26-20-9-6-10-21(27-2)19(20)17-23-11-13-28-15-16-29-14-12-24-22(25)18-7-4-3-5-8-18/h3-10,23H,11-17H2,1-2H3,(H,24,25). The van der Waals surface area contributed by atoms with E-state index in [0.29, 0.717) is 51.6 Å². The minimum absolute atomic E-state index is 0.0943. The van der Waals surface area contributed by atoms with Crippen molar-refractivity contribution in [3.8, 4) is 11.5 Å². The first-order valence-corrected chi connectivity index (χ1v) is 9.65. The Morgan fingerprint density at radius 2 is 1.41 bits per heavy atom. The van der Waals surface area contributed by atoms with Crippen LogP contribution in [0.4, 0.5) is 0 Å². The number of carbonyl (C=O) groups excluding carboxylic acids is 1. The fourth-order valence-corrected chi connectivity index (χ4v) is 2.71. The Bertz CT molecular complexity index is 702. The molecular weight excluding hydrogens is 372 g/mol. The molecule has 0 atom stereocenters. The number of hydrogen-bond acceptors (Lipinski definition) is 6. The van der Waals surface area contributed by atoms with E-state index in [1.165, 1.54) is 0 Å². The fourth-order valence-electron chi connectivity index (χ4n) is 2.71. The molecule has 7 heteroatoms. The van der Waals surface area contributed by atoms with E-state index in [9.17, 15) is 4.79 Å². The molecule has 0 heterocycles. The van der Waals surface area contributed by atoms with Crippen molar-refractivity contribution in [3.63, 3.8) is 0 Å². The minimum atomic E-state index is -0.0943. The highest BCUT2D eigenvalue weighted by molar-refractivity contribution is 5.94. The lowest BCUT2D eigenvalue weighted by Crippen LogP contribution is -2.27. The van der Waals surface area contributed by atoms with Crippen LogP contribution in [-0.2, 0) is 16.0 Å². The van der Waals surface area contributed by atoms with Crippen LogP contribution in [0.5, 0.6) is 11.5 Å². The van der Waals surface area contributed by atoms with Crippen LogP contribution in [0.1, 0.15) is 15.9 Å². The van der Waals surface area contributed by atoms with Crippen LogP contribution in [0, 0.1) is 0 Å². The summed E-state index contributed by atoms with van der Waals surface area (Å²) in [7, 11) is 3.29. The van der Waals surface area contributed by atoms with Crippen LogP contribution in [0.15, 0.2) is 48.5 Å². The van der Waals surface area contributed by atoms with Gasteiger partial charge in [0.05, 0.1) is 40.6 Å². The number of hydrogen-bond donors (Lipinski definition) is 2. The second-order valence-corrected chi connectivity index (χ2v) is 6.16. The van der Waals surface area contributed by atoms with Gasteiger partial charge in [0, 0.05) is 30.8 Å². The molecule has 29 heavy (non-hydrogen) atoms. The van der Waals surface area contributed by atoms with Gasteiger partial charge >= 0.3 is 0 Å². The van der Waals surface area contributed by atoms with Gasteiger partial charge in [-0.15, -0.1) is 0 Å². The maximum Gasteiger partial charge on any atom is 0.251 e. The maximum absolute atomic E-state index is 11.8. The van der Waals surface area contributed by atoms with Crippen LogP contribution in [0.3, 0.4) is 0 Å². The van der Waals surface area contributed by atoms with Gasteiger partial charge in [0.15, 0.2) is 0 Å². The SMILES string of the molecule is COc1cccc(OC)c1CNCCOCCOCCNC(=O)c1ccccc1. The van der Waals surface area contributed by atoms with Crippen LogP contribution in [0.2, 0.25) is 0 Å². The van der Waals surface area contributed by atoms with Crippen molar-refractivity contribution in [2.45, 2.75) is 6.54 Å².